The number of nitrogens with two attached hydrogens (primary N) is 1. The maximum Gasteiger partial charge on any atom is 0.170 e. The van der Waals surface area contributed by atoms with Crippen molar-refractivity contribution < 1.29 is 9.94 Å². The zero-order valence-electron chi connectivity index (χ0n) is 12.9. The molecule has 5 nitrogen and oxygen atoms in total. The number of ether oxygens (including phenoxy) is 1. The van der Waals surface area contributed by atoms with Gasteiger partial charge in [-0.2, -0.15) is 0 Å². The second kappa shape index (κ2) is 7.31. The summed E-state index contributed by atoms with van der Waals surface area (Å²) in [5, 5.41) is 11.9. The number of hydrogen-bond acceptors (Lipinski definition) is 4. The van der Waals surface area contributed by atoms with E-state index >= 15 is 0 Å². The zero-order valence-corrected chi connectivity index (χ0v) is 12.9. The minimum absolute atomic E-state index is 0.128. The van der Waals surface area contributed by atoms with E-state index in [1.54, 1.807) is 7.11 Å². The number of methoxy groups -OCH3 is 1. The maximum absolute atomic E-state index is 8.81. The van der Waals surface area contributed by atoms with E-state index in [-0.39, 0.29) is 5.84 Å². The van der Waals surface area contributed by atoms with Crippen molar-refractivity contribution in [2.24, 2.45) is 16.8 Å². The molecule has 1 fully saturated rings. The minimum Gasteiger partial charge on any atom is -0.496 e. The molecule has 1 aromatic rings. The fraction of sp³-hybridized carbons (Fsp3) is 0.562. The number of oxime groups is 1. The molecule has 1 heterocycles. The largest absolute Gasteiger partial charge is 0.496 e. The number of rotatable bonds is 4. The van der Waals surface area contributed by atoms with Gasteiger partial charge in [-0.3, -0.25) is 4.90 Å². The molecule has 1 aliphatic heterocycles. The number of hydrogen-bond donors (Lipinski definition) is 2. The molecule has 0 aromatic heterocycles. The second-order valence-electron chi connectivity index (χ2n) is 5.82. The van der Waals surface area contributed by atoms with Crippen LogP contribution in [0.15, 0.2) is 23.4 Å². The molecule has 0 amide bonds. The van der Waals surface area contributed by atoms with Crippen LogP contribution in [-0.2, 0) is 6.54 Å². The summed E-state index contributed by atoms with van der Waals surface area (Å²) in [5.74, 6) is 1.78. The van der Waals surface area contributed by atoms with Crippen LogP contribution in [0, 0.1) is 5.92 Å². The molecular weight excluding hydrogens is 266 g/mol. The highest BCUT2D eigenvalue weighted by Crippen LogP contribution is 2.24. The second-order valence-corrected chi connectivity index (χ2v) is 5.82. The average Bonchev–Trinajstić information content (AvgIpc) is 2.71. The molecular formula is C16H25N3O2. The molecule has 1 atom stereocenters. The lowest BCUT2D eigenvalue weighted by Crippen LogP contribution is -2.25. The summed E-state index contributed by atoms with van der Waals surface area (Å²) < 4.78 is 5.44. The van der Waals surface area contributed by atoms with Crippen LogP contribution in [0.25, 0.3) is 0 Å². The molecule has 3 N–H and O–H groups in total. The van der Waals surface area contributed by atoms with Crippen molar-refractivity contribution >= 4 is 5.84 Å². The van der Waals surface area contributed by atoms with E-state index in [4.69, 9.17) is 15.7 Å². The lowest BCUT2D eigenvalue weighted by atomic mass is 10.0. The normalized spacial score (nSPS) is 21.0. The van der Waals surface area contributed by atoms with E-state index in [9.17, 15) is 0 Å². The molecule has 0 saturated carbocycles. The Morgan fingerprint density at radius 1 is 1.43 bits per heavy atom. The Hall–Kier alpha value is -1.75. The van der Waals surface area contributed by atoms with Crippen LogP contribution in [0.2, 0.25) is 0 Å². The van der Waals surface area contributed by atoms with Crippen molar-refractivity contribution in [2.75, 3.05) is 20.2 Å². The molecule has 1 unspecified atom stereocenters. The lowest BCUT2D eigenvalue weighted by molar-refractivity contribution is 0.268. The van der Waals surface area contributed by atoms with Gasteiger partial charge in [-0.1, -0.05) is 12.1 Å². The van der Waals surface area contributed by atoms with Gasteiger partial charge in [0.1, 0.15) is 5.75 Å². The number of nitrogens with zero attached hydrogens (tertiary/aromatic N) is 2. The highest BCUT2D eigenvalue weighted by molar-refractivity contribution is 5.97. The summed E-state index contributed by atoms with van der Waals surface area (Å²) in [6.45, 7) is 5.38. The molecule has 0 spiro atoms. The molecule has 21 heavy (non-hydrogen) atoms. The Morgan fingerprint density at radius 2 is 2.24 bits per heavy atom. The van der Waals surface area contributed by atoms with E-state index in [1.807, 2.05) is 18.2 Å². The highest BCUT2D eigenvalue weighted by atomic mass is 16.5. The molecule has 116 valence electrons. The van der Waals surface area contributed by atoms with E-state index < -0.39 is 0 Å². The number of amidine groups is 1. The molecule has 1 aromatic carbocycles. The topological polar surface area (TPSA) is 71.1 Å². The predicted octanol–water partition coefficient (Wildman–Crippen LogP) is 2.41. The number of benzene rings is 1. The van der Waals surface area contributed by atoms with Crippen molar-refractivity contribution in [1.29, 1.82) is 0 Å². The Kier molecular flexibility index (Phi) is 5.44. The summed E-state index contributed by atoms with van der Waals surface area (Å²) >= 11 is 0. The van der Waals surface area contributed by atoms with Gasteiger partial charge in [0, 0.05) is 17.7 Å². The Balaban J connectivity index is 2.17. The predicted molar refractivity (Wildman–Crippen MR) is 83.8 cm³/mol. The van der Waals surface area contributed by atoms with Crippen LogP contribution >= 0.6 is 0 Å². The van der Waals surface area contributed by atoms with Crippen LogP contribution in [-0.4, -0.2) is 36.1 Å². The van der Waals surface area contributed by atoms with Gasteiger partial charge in [0.25, 0.3) is 0 Å². The third kappa shape index (κ3) is 4.11. The highest BCUT2D eigenvalue weighted by Gasteiger charge is 2.16. The monoisotopic (exact) mass is 291 g/mol. The van der Waals surface area contributed by atoms with Crippen molar-refractivity contribution in [3.63, 3.8) is 0 Å². The Bertz CT molecular complexity index is 502. The zero-order chi connectivity index (χ0) is 15.2. The summed E-state index contributed by atoms with van der Waals surface area (Å²) in [5.41, 5.74) is 7.48. The van der Waals surface area contributed by atoms with Crippen LogP contribution in [0.5, 0.6) is 5.75 Å². The summed E-state index contributed by atoms with van der Waals surface area (Å²) in [7, 11) is 1.67. The van der Waals surface area contributed by atoms with E-state index in [0.29, 0.717) is 0 Å². The first-order valence-electron chi connectivity index (χ1n) is 7.51. The van der Waals surface area contributed by atoms with Gasteiger partial charge in [0.05, 0.1) is 7.11 Å². The first-order chi connectivity index (χ1) is 10.1. The number of likely N-dealkylation sites (tertiary alicyclic amines) is 1. The average molecular weight is 291 g/mol. The molecule has 5 heteroatoms. The Labute approximate surface area is 126 Å². The smallest absolute Gasteiger partial charge is 0.170 e. The van der Waals surface area contributed by atoms with E-state index in [0.717, 1.165) is 42.4 Å². The quantitative estimate of drug-likeness (QED) is 0.387. The van der Waals surface area contributed by atoms with Crippen molar-refractivity contribution in [2.45, 2.75) is 32.7 Å². The van der Waals surface area contributed by atoms with Crippen LogP contribution in [0.3, 0.4) is 0 Å². The Morgan fingerprint density at radius 3 is 2.95 bits per heavy atom. The third-order valence-electron chi connectivity index (χ3n) is 4.19. The molecule has 1 aliphatic rings. The molecule has 0 bridgehead atoms. The first kappa shape index (κ1) is 15.6. The van der Waals surface area contributed by atoms with E-state index in [2.05, 4.69) is 17.0 Å². The molecule has 0 radical (unpaired) electrons. The molecule has 0 aliphatic carbocycles. The summed E-state index contributed by atoms with van der Waals surface area (Å²) in [6.07, 6.45) is 3.78. The standard InChI is InChI=1S/C16H25N3O2/c1-12-4-3-8-19(9-7-12)11-14-10-13(16(17)18-20)5-6-15(14)21-2/h5-6,10,12,20H,3-4,7-9,11H2,1-2H3,(H2,17,18). The van der Waals surface area contributed by atoms with Crippen molar-refractivity contribution in [1.82, 2.24) is 4.90 Å². The van der Waals surface area contributed by atoms with Gasteiger partial charge < -0.3 is 15.7 Å². The van der Waals surface area contributed by atoms with Gasteiger partial charge in [0.15, 0.2) is 5.84 Å². The van der Waals surface area contributed by atoms with Gasteiger partial charge in [0.2, 0.25) is 0 Å². The first-order valence-corrected chi connectivity index (χ1v) is 7.51. The van der Waals surface area contributed by atoms with Gasteiger partial charge in [-0.15, -0.1) is 0 Å². The minimum atomic E-state index is 0.128. The van der Waals surface area contributed by atoms with E-state index in [1.165, 1.54) is 19.3 Å². The fourth-order valence-electron chi connectivity index (χ4n) is 2.84. The molecule has 2 rings (SSSR count). The third-order valence-corrected chi connectivity index (χ3v) is 4.19. The van der Waals surface area contributed by atoms with Crippen molar-refractivity contribution in [3.8, 4) is 5.75 Å². The molecule has 1 saturated heterocycles. The lowest BCUT2D eigenvalue weighted by Gasteiger charge is -2.21. The van der Waals surface area contributed by atoms with Gasteiger partial charge in [-0.25, -0.2) is 0 Å². The fourth-order valence-corrected chi connectivity index (χ4v) is 2.84. The van der Waals surface area contributed by atoms with Gasteiger partial charge >= 0.3 is 0 Å². The SMILES string of the molecule is COc1ccc(/C(N)=N/O)cc1CN1CCCC(C)CC1. The summed E-state index contributed by atoms with van der Waals surface area (Å²) in [4.78, 5) is 2.46. The maximum atomic E-state index is 8.81. The van der Waals surface area contributed by atoms with Crippen LogP contribution < -0.4 is 10.5 Å². The van der Waals surface area contributed by atoms with Crippen molar-refractivity contribution in [3.05, 3.63) is 29.3 Å². The van der Waals surface area contributed by atoms with Crippen LogP contribution in [0.4, 0.5) is 0 Å². The summed E-state index contributed by atoms with van der Waals surface area (Å²) in [6, 6.07) is 5.63. The van der Waals surface area contributed by atoms with Gasteiger partial charge in [-0.05, 0) is 56.5 Å². The van der Waals surface area contributed by atoms with Crippen LogP contribution in [0.1, 0.15) is 37.3 Å².